The molecule has 2 N–H and O–H groups in total. The Hall–Kier alpha value is -1.10. The number of nitrogens with zero attached hydrogens (tertiary/aromatic N) is 1. The number of carbonyl (C=O) groups excluding carboxylic acids is 1. The minimum absolute atomic E-state index is 0.00634. The summed E-state index contributed by atoms with van der Waals surface area (Å²) in [5.41, 5.74) is 0. The lowest BCUT2D eigenvalue weighted by Crippen LogP contribution is -2.39. The first-order chi connectivity index (χ1) is 9.58. The summed E-state index contributed by atoms with van der Waals surface area (Å²) in [5.74, 6) is -0.866. The second kappa shape index (κ2) is 8.95. The van der Waals surface area contributed by atoms with Crippen molar-refractivity contribution in [2.45, 2.75) is 46.0 Å². The third kappa shape index (κ3) is 5.49. The molecule has 1 rings (SSSR count). The summed E-state index contributed by atoms with van der Waals surface area (Å²) in [6.07, 6.45) is 3.79. The third-order valence-corrected chi connectivity index (χ3v) is 4.16. The van der Waals surface area contributed by atoms with Gasteiger partial charge in [-0.25, -0.2) is 0 Å². The van der Waals surface area contributed by atoms with Gasteiger partial charge in [-0.2, -0.15) is 0 Å². The van der Waals surface area contributed by atoms with Crippen LogP contribution < -0.4 is 5.32 Å². The van der Waals surface area contributed by atoms with Gasteiger partial charge in [-0.15, -0.1) is 0 Å². The maximum Gasteiger partial charge on any atom is 0.306 e. The fraction of sp³-hybridized carbons (Fsp3) is 0.867. The number of aliphatic carboxylic acids is 1. The first kappa shape index (κ1) is 17.0. The SMILES string of the molecule is CCCN(CC)CCNC(=O)C1CCC(C(=O)O)CC1. The van der Waals surface area contributed by atoms with E-state index in [2.05, 4.69) is 24.1 Å². The number of nitrogens with one attached hydrogen (secondary N) is 1. The van der Waals surface area contributed by atoms with E-state index in [9.17, 15) is 9.59 Å². The van der Waals surface area contributed by atoms with Crippen LogP contribution in [-0.2, 0) is 9.59 Å². The van der Waals surface area contributed by atoms with E-state index in [1.807, 2.05) is 0 Å². The van der Waals surface area contributed by atoms with Gasteiger partial charge in [-0.05, 0) is 45.2 Å². The van der Waals surface area contributed by atoms with Crippen molar-refractivity contribution in [2.75, 3.05) is 26.2 Å². The van der Waals surface area contributed by atoms with Crippen molar-refractivity contribution in [2.24, 2.45) is 11.8 Å². The Bertz CT molecular complexity index is 312. The molecule has 0 unspecified atom stereocenters. The maximum absolute atomic E-state index is 12.0. The van der Waals surface area contributed by atoms with Crippen LogP contribution in [0.3, 0.4) is 0 Å². The average Bonchev–Trinajstić information content (AvgIpc) is 2.46. The molecule has 116 valence electrons. The van der Waals surface area contributed by atoms with Gasteiger partial charge in [0, 0.05) is 19.0 Å². The fourth-order valence-corrected chi connectivity index (χ4v) is 2.83. The molecule has 0 aliphatic heterocycles. The average molecular weight is 284 g/mol. The molecule has 0 saturated heterocycles. The zero-order valence-corrected chi connectivity index (χ0v) is 12.7. The van der Waals surface area contributed by atoms with Gasteiger partial charge in [-0.1, -0.05) is 13.8 Å². The molecule has 1 fully saturated rings. The minimum atomic E-state index is -0.720. The lowest BCUT2D eigenvalue weighted by molar-refractivity contribution is -0.144. The highest BCUT2D eigenvalue weighted by atomic mass is 16.4. The largest absolute Gasteiger partial charge is 0.481 e. The predicted octanol–water partition coefficient (Wildman–Crippen LogP) is 1.73. The number of carboxylic acid groups (broad SMARTS) is 1. The van der Waals surface area contributed by atoms with E-state index in [0.717, 1.165) is 26.1 Å². The van der Waals surface area contributed by atoms with Crippen LogP contribution in [-0.4, -0.2) is 48.1 Å². The molecule has 0 radical (unpaired) electrons. The minimum Gasteiger partial charge on any atom is -0.481 e. The molecule has 1 saturated carbocycles. The van der Waals surface area contributed by atoms with Gasteiger partial charge in [0.1, 0.15) is 0 Å². The van der Waals surface area contributed by atoms with Crippen molar-refractivity contribution >= 4 is 11.9 Å². The van der Waals surface area contributed by atoms with E-state index in [0.29, 0.717) is 32.2 Å². The van der Waals surface area contributed by atoms with Gasteiger partial charge >= 0.3 is 5.97 Å². The summed E-state index contributed by atoms with van der Waals surface area (Å²) < 4.78 is 0. The molecule has 0 bridgehead atoms. The molecule has 0 aromatic rings. The van der Waals surface area contributed by atoms with E-state index < -0.39 is 5.97 Å². The lowest BCUT2D eigenvalue weighted by atomic mass is 9.81. The van der Waals surface area contributed by atoms with Crippen molar-refractivity contribution in [1.29, 1.82) is 0 Å². The number of carbonyl (C=O) groups is 2. The van der Waals surface area contributed by atoms with Crippen LogP contribution in [0, 0.1) is 11.8 Å². The smallest absolute Gasteiger partial charge is 0.306 e. The predicted molar refractivity (Wildman–Crippen MR) is 78.5 cm³/mol. The number of hydrogen-bond donors (Lipinski definition) is 2. The molecule has 5 heteroatoms. The summed E-state index contributed by atoms with van der Waals surface area (Å²) in [6.45, 7) is 7.93. The quantitative estimate of drug-likeness (QED) is 0.712. The van der Waals surface area contributed by atoms with E-state index in [-0.39, 0.29) is 17.7 Å². The van der Waals surface area contributed by atoms with Crippen LogP contribution in [0.5, 0.6) is 0 Å². The highest BCUT2D eigenvalue weighted by molar-refractivity contribution is 5.79. The van der Waals surface area contributed by atoms with Crippen molar-refractivity contribution in [3.8, 4) is 0 Å². The van der Waals surface area contributed by atoms with E-state index in [4.69, 9.17) is 5.11 Å². The topological polar surface area (TPSA) is 69.6 Å². The van der Waals surface area contributed by atoms with Crippen LogP contribution in [0.4, 0.5) is 0 Å². The fourth-order valence-electron chi connectivity index (χ4n) is 2.83. The van der Waals surface area contributed by atoms with Crippen LogP contribution in [0.1, 0.15) is 46.0 Å². The monoisotopic (exact) mass is 284 g/mol. The van der Waals surface area contributed by atoms with Crippen molar-refractivity contribution in [3.05, 3.63) is 0 Å². The van der Waals surface area contributed by atoms with Crippen molar-refractivity contribution in [1.82, 2.24) is 10.2 Å². The van der Waals surface area contributed by atoms with Crippen LogP contribution >= 0.6 is 0 Å². The Labute approximate surface area is 121 Å². The third-order valence-electron chi connectivity index (χ3n) is 4.16. The van der Waals surface area contributed by atoms with Gasteiger partial charge in [0.25, 0.3) is 0 Å². The number of rotatable bonds is 8. The Kier molecular flexibility index (Phi) is 7.59. The van der Waals surface area contributed by atoms with E-state index in [1.54, 1.807) is 0 Å². The van der Waals surface area contributed by atoms with Gasteiger partial charge in [-0.3, -0.25) is 9.59 Å². The first-order valence-corrected chi connectivity index (χ1v) is 7.81. The summed E-state index contributed by atoms with van der Waals surface area (Å²) >= 11 is 0. The standard InChI is InChI=1S/C15H28N2O3/c1-3-10-17(4-2)11-9-16-14(18)12-5-7-13(8-6-12)15(19)20/h12-13H,3-11H2,1-2H3,(H,16,18)(H,19,20). The zero-order chi connectivity index (χ0) is 15.0. The normalized spacial score (nSPS) is 22.8. The van der Waals surface area contributed by atoms with Crippen LogP contribution in [0.2, 0.25) is 0 Å². The van der Waals surface area contributed by atoms with Crippen LogP contribution in [0.15, 0.2) is 0 Å². The molecule has 0 aromatic heterocycles. The Morgan fingerprint density at radius 3 is 2.20 bits per heavy atom. The van der Waals surface area contributed by atoms with Gasteiger partial charge in [0.05, 0.1) is 5.92 Å². The molecule has 0 aromatic carbocycles. The second-order valence-electron chi connectivity index (χ2n) is 5.61. The molecule has 0 spiro atoms. The number of carboxylic acids is 1. The molecule has 5 nitrogen and oxygen atoms in total. The molecule has 1 aliphatic rings. The Balaban J connectivity index is 2.22. The molecular formula is C15H28N2O3. The van der Waals surface area contributed by atoms with E-state index in [1.165, 1.54) is 0 Å². The second-order valence-corrected chi connectivity index (χ2v) is 5.61. The van der Waals surface area contributed by atoms with Crippen molar-refractivity contribution in [3.63, 3.8) is 0 Å². The summed E-state index contributed by atoms with van der Waals surface area (Å²) in [7, 11) is 0. The molecule has 1 aliphatic carbocycles. The van der Waals surface area contributed by atoms with Gasteiger partial charge < -0.3 is 15.3 Å². The summed E-state index contributed by atoms with van der Waals surface area (Å²) in [4.78, 5) is 25.2. The molecule has 0 atom stereocenters. The summed E-state index contributed by atoms with van der Waals surface area (Å²) in [6, 6.07) is 0. The van der Waals surface area contributed by atoms with Gasteiger partial charge in [0.15, 0.2) is 0 Å². The van der Waals surface area contributed by atoms with Gasteiger partial charge in [0.2, 0.25) is 5.91 Å². The molecule has 0 heterocycles. The Morgan fingerprint density at radius 2 is 1.70 bits per heavy atom. The number of likely N-dealkylation sites (N-methyl/N-ethyl adjacent to an activating group) is 1. The number of hydrogen-bond acceptors (Lipinski definition) is 3. The molecular weight excluding hydrogens is 256 g/mol. The zero-order valence-electron chi connectivity index (χ0n) is 12.7. The lowest BCUT2D eigenvalue weighted by Gasteiger charge is -2.26. The molecule has 20 heavy (non-hydrogen) atoms. The summed E-state index contributed by atoms with van der Waals surface area (Å²) in [5, 5.41) is 11.9. The first-order valence-electron chi connectivity index (χ1n) is 7.81. The Morgan fingerprint density at radius 1 is 1.10 bits per heavy atom. The number of amides is 1. The van der Waals surface area contributed by atoms with E-state index >= 15 is 0 Å². The molecule has 1 amide bonds. The van der Waals surface area contributed by atoms with Crippen molar-refractivity contribution < 1.29 is 14.7 Å². The highest BCUT2D eigenvalue weighted by Crippen LogP contribution is 2.28. The maximum atomic E-state index is 12.0. The highest BCUT2D eigenvalue weighted by Gasteiger charge is 2.29. The van der Waals surface area contributed by atoms with Crippen LogP contribution in [0.25, 0.3) is 0 Å².